The summed E-state index contributed by atoms with van der Waals surface area (Å²) in [6.45, 7) is 3.06. The molecule has 0 aliphatic carbocycles. The Kier molecular flexibility index (Phi) is 6.55. The van der Waals surface area contributed by atoms with Crippen LogP contribution >= 0.6 is 11.8 Å². The van der Waals surface area contributed by atoms with Crippen LogP contribution in [-0.4, -0.2) is 26.2 Å². The fourth-order valence-corrected chi connectivity index (χ4v) is 2.88. The molecule has 118 valence electrons. The average molecular weight is 319 g/mol. The molecule has 1 heterocycles. The molecule has 0 saturated carbocycles. The molecule has 2 rings (SSSR count). The van der Waals surface area contributed by atoms with Gasteiger partial charge < -0.3 is 14.5 Å². The van der Waals surface area contributed by atoms with Crippen molar-refractivity contribution in [3.05, 3.63) is 59.0 Å². The number of furan rings is 1. The van der Waals surface area contributed by atoms with Crippen LogP contribution < -0.4 is 5.32 Å². The number of carbonyl (C=O) groups excluding carboxylic acids is 1. The normalized spacial score (nSPS) is 10.6. The molecule has 2 aromatic rings. The molecule has 0 fully saturated rings. The van der Waals surface area contributed by atoms with Crippen LogP contribution in [0.15, 0.2) is 40.8 Å². The maximum absolute atomic E-state index is 11.8. The lowest BCUT2D eigenvalue weighted by molar-refractivity contribution is 0.0908. The minimum atomic E-state index is -0.202. The number of thioether (sulfide) groups is 1. The van der Waals surface area contributed by atoms with Gasteiger partial charge in [-0.2, -0.15) is 0 Å². The first-order chi connectivity index (χ1) is 10.7. The Morgan fingerprint density at radius 3 is 2.91 bits per heavy atom. The summed E-state index contributed by atoms with van der Waals surface area (Å²) in [4.78, 5) is 11.8. The second-order valence-corrected chi connectivity index (χ2v) is 5.98. The average Bonchev–Trinajstić information content (AvgIpc) is 2.96. The van der Waals surface area contributed by atoms with E-state index in [2.05, 4.69) is 36.5 Å². The van der Waals surface area contributed by atoms with Crippen molar-refractivity contribution in [2.24, 2.45) is 0 Å². The highest BCUT2D eigenvalue weighted by molar-refractivity contribution is 7.97. The number of aryl methyl sites for hydroxylation is 1. The van der Waals surface area contributed by atoms with Crippen molar-refractivity contribution in [2.75, 3.05) is 20.3 Å². The van der Waals surface area contributed by atoms with Gasteiger partial charge >= 0.3 is 0 Å². The van der Waals surface area contributed by atoms with Gasteiger partial charge in [0.1, 0.15) is 5.76 Å². The third kappa shape index (κ3) is 5.24. The molecule has 0 radical (unpaired) electrons. The second-order valence-electron chi connectivity index (χ2n) is 5.00. The lowest BCUT2D eigenvalue weighted by Gasteiger charge is -2.02. The first-order valence-electron chi connectivity index (χ1n) is 7.18. The van der Waals surface area contributed by atoms with E-state index in [0.29, 0.717) is 18.9 Å². The SMILES string of the molecule is COCCNC(=O)c1ccc(CSCc2cccc(C)c2)o1. The third-order valence-corrected chi connectivity index (χ3v) is 4.10. The van der Waals surface area contributed by atoms with Gasteiger partial charge in [0, 0.05) is 19.4 Å². The molecule has 1 amide bonds. The molecule has 0 bridgehead atoms. The summed E-state index contributed by atoms with van der Waals surface area (Å²) in [6.07, 6.45) is 0. The molecule has 1 N–H and O–H groups in total. The molecular weight excluding hydrogens is 298 g/mol. The van der Waals surface area contributed by atoms with Gasteiger partial charge in [0.2, 0.25) is 0 Å². The van der Waals surface area contributed by atoms with Crippen LogP contribution in [0.1, 0.15) is 27.4 Å². The van der Waals surface area contributed by atoms with Gasteiger partial charge in [0.15, 0.2) is 5.76 Å². The molecule has 1 aromatic heterocycles. The van der Waals surface area contributed by atoms with E-state index in [-0.39, 0.29) is 5.91 Å². The standard InChI is InChI=1S/C17H21NO3S/c1-13-4-3-5-14(10-13)11-22-12-15-6-7-16(21-15)17(19)18-8-9-20-2/h3-7,10H,8-9,11-12H2,1-2H3,(H,18,19). The molecule has 0 saturated heterocycles. The Morgan fingerprint density at radius 2 is 2.14 bits per heavy atom. The number of amides is 1. The summed E-state index contributed by atoms with van der Waals surface area (Å²) in [5.41, 5.74) is 2.57. The zero-order chi connectivity index (χ0) is 15.8. The zero-order valence-corrected chi connectivity index (χ0v) is 13.7. The molecule has 1 aromatic carbocycles. The van der Waals surface area contributed by atoms with E-state index in [1.165, 1.54) is 11.1 Å². The van der Waals surface area contributed by atoms with E-state index < -0.39 is 0 Å². The number of carbonyl (C=O) groups is 1. The maximum atomic E-state index is 11.8. The van der Waals surface area contributed by atoms with Crippen LogP contribution in [0.5, 0.6) is 0 Å². The van der Waals surface area contributed by atoms with Gasteiger partial charge in [-0.1, -0.05) is 29.8 Å². The third-order valence-electron chi connectivity index (χ3n) is 3.07. The largest absolute Gasteiger partial charge is 0.455 e. The number of nitrogens with one attached hydrogen (secondary N) is 1. The molecule has 0 unspecified atom stereocenters. The van der Waals surface area contributed by atoms with Crippen molar-refractivity contribution in [2.45, 2.75) is 18.4 Å². The van der Waals surface area contributed by atoms with Crippen LogP contribution in [0.2, 0.25) is 0 Å². The molecule has 0 aliphatic heterocycles. The topological polar surface area (TPSA) is 51.5 Å². The van der Waals surface area contributed by atoms with Crippen molar-refractivity contribution in [1.82, 2.24) is 5.32 Å². The van der Waals surface area contributed by atoms with Crippen LogP contribution in [-0.2, 0) is 16.2 Å². The fourth-order valence-electron chi connectivity index (χ4n) is 2.00. The first kappa shape index (κ1) is 16.6. The maximum Gasteiger partial charge on any atom is 0.287 e. The Labute approximate surface area is 135 Å². The minimum absolute atomic E-state index is 0.202. The second kappa shape index (κ2) is 8.66. The summed E-state index contributed by atoms with van der Waals surface area (Å²) in [5, 5.41) is 2.74. The van der Waals surface area contributed by atoms with Gasteiger partial charge in [0.25, 0.3) is 5.91 Å². The predicted molar refractivity (Wildman–Crippen MR) is 89.1 cm³/mol. The summed E-state index contributed by atoms with van der Waals surface area (Å²) < 4.78 is 10.5. The van der Waals surface area contributed by atoms with E-state index in [0.717, 1.165) is 17.3 Å². The van der Waals surface area contributed by atoms with E-state index in [1.807, 2.05) is 6.07 Å². The summed E-state index contributed by atoms with van der Waals surface area (Å²) >= 11 is 1.77. The van der Waals surface area contributed by atoms with E-state index in [9.17, 15) is 4.79 Å². The summed E-state index contributed by atoms with van der Waals surface area (Å²) in [7, 11) is 1.60. The van der Waals surface area contributed by atoms with Gasteiger partial charge in [0.05, 0.1) is 12.4 Å². The Morgan fingerprint density at radius 1 is 1.27 bits per heavy atom. The van der Waals surface area contributed by atoms with Crippen LogP contribution in [0.4, 0.5) is 0 Å². The molecule has 0 atom stereocenters. The first-order valence-corrected chi connectivity index (χ1v) is 8.33. The van der Waals surface area contributed by atoms with Gasteiger partial charge in [-0.05, 0) is 24.6 Å². The van der Waals surface area contributed by atoms with Crippen LogP contribution in [0.25, 0.3) is 0 Å². The zero-order valence-electron chi connectivity index (χ0n) is 12.9. The highest BCUT2D eigenvalue weighted by Gasteiger charge is 2.10. The smallest absolute Gasteiger partial charge is 0.287 e. The van der Waals surface area contributed by atoms with E-state index >= 15 is 0 Å². The van der Waals surface area contributed by atoms with E-state index in [4.69, 9.17) is 9.15 Å². The fraction of sp³-hybridized carbons (Fsp3) is 0.353. The number of benzene rings is 1. The van der Waals surface area contributed by atoms with Crippen molar-refractivity contribution >= 4 is 17.7 Å². The molecule has 5 heteroatoms. The van der Waals surface area contributed by atoms with Gasteiger partial charge in [-0.25, -0.2) is 0 Å². The number of rotatable bonds is 8. The number of hydrogen-bond donors (Lipinski definition) is 1. The van der Waals surface area contributed by atoms with Crippen molar-refractivity contribution in [3.8, 4) is 0 Å². The highest BCUT2D eigenvalue weighted by Crippen LogP contribution is 2.20. The number of methoxy groups -OCH3 is 1. The molecule has 4 nitrogen and oxygen atoms in total. The highest BCUT2D eigenvalue weighted by atomic mass is 32.2. The molecule has 22 heavy (non-hydrogen) atoms. The van der Waals surface area contributed by atoms with E-state index in [1.54, 1.807) is 24.9 Å². The molecule has 0 aliphatic rings. The molecule has 0 spiro atoms. The van der Waals surface area contributed by atoms with Crippen molar-refractivity contribution in [3.63, 3.8) is 0 Å². The Bertz CT molecular complexity index is 609. The van der Waals surface area contributed by atoms with Crippen molar-refractivity contribution in [1.29, 1.82) is 0 Å². The van der Waals surface area contributed by atoms with Gasteiger partial charge in [-0.15, -0.1) is 11.8 Å². The lowest BCUT2D eigenvalue weighted by atomic mass is 10.2. The van der Waals surface area contributed by atoms with Crippen molar-refractivity contribution < 1.29 is 13.9 Å². The quantitative estimate of drug-likeness (QED) is 0.758. The van der Waals surface area contributed by atoms with Crippen LogP contribution in [0.3, 0.4) is 0 Å². The number of hydrogen-bond acceptors (Lipinski definition) is 4. The predicted octanol–water partition coefficient (Wildman–Crippen LogP) is 3.40. The Hall–Kier alpha value is -1.72. The minimum Gasteiger partial charge on any atom is -0.455 e. The van der Waals surface area contributed by atoms with Crippen LogP contribution in [0, 0.1) is 6.92 Å². The molecular formula is C17H21NO3S. The monoisotopic (exact) mass is 319 g/mol. The Balaban J connectivity index is 1.78. The number of ether oxygens (including phenoxy) is 1. The summed E-state index contributed by atoms with van der Waals surface area (Å²) in [5.74, 6) is 2.64. The summed E-state index contributed by atoms with van der Waals surface area (Å²) in [6, 6.07) is 12.0. The lowest BCUT2D eigenvalue weighted by Crippen LogP contribution is -2.26. The van der Waals surface area contributed by atoms with Gasteiger partial charge in [-0.3, -0.25) is 4.79 Å².